The number of rotatable bonds is 9. The lowest BCUT2D eigenvalue weighted by Crippen LogP contribution is -2.36. The van der Waals surface area contributed by atoms with Crippen molar-refractivity contribution in [1.82, 2.24) is 4.90 Å². The van der Waals surface area contributed by atoms with Crippen molar-refractivity contribution in [2.24, 2.45) is 5.73 Å². The van der Waals surface area contributed by atoms with Crippen molar-refractivity contribution in [2.45, 2.75) is 58.6 Å². The Bertz CT molecular complexity index is 438. The number of benzene rings is 1. The molecule has 1 aromatic carbocycles. The van der Waals surface area contributed by atoms with Crippen LogP contribution >= 0.6 is 0 Å². The highest BCUT2D eigenvalue weighted by molar-refractivity contribution is 5.32. The molecule has 126 valence electrons. The van der Waals surface area contributed by atoms with Crippen LogP contribution in [0.1, 0.15) is 37.5 Å². The summed E-state index contributed by atoms with van der Waals surface area (Å²) in [5.41, 5.74) is 8.92. The Morgan fingerprint density at radius 2 is 1.55 bits per heavy atom. The average Bonchev–Trinajstić information content (AvgIpc) is 2.38. The summed E-state index contributed by atoms with van der Waals surface area (Å²) in [6.07, 6.45) is -0.755. The van der Waals surface area contributed by atoms with E-state index in [9.17, 15) is 15.3 Å². The van der Waals surface area contributed by atoms with Crippen LogP contribution in [-0.2, 0) is 19.5 Å². The summed E-state index contributed by atoms with van der Waals surface area (Å²) >= 11 is 0. The zero-order chi connectivity index (χ0) is 16.7. The van der Waals surface area contributed by atoms with Crippen molar-refractivity contribution in [3.63, 3.8) is 0 Å². The van der Waals surface area contributed by atoms with E-state index in [1.54, 1.807) is 20.8 Å². The van der Waals surface area contributed by atoms with E-state index in [0.717, 1.165) is 16.7 Å². The molecular formula is C17H30N2O3. The molecule has 1 rings (SSSR count). The Morgan fingerprint density at radius 3 is 2.00 bits per heavy atom. The molecule has 0 heterocycles. The van der Waals surface area contributed by atoms with Crippen LogP contribution in [0.25, 0.3) is 0 Å². The topological polar surface area (TPSA) is 90.0 Å². The monoisotopic (exact) mass is 310 g/mol. The maximum atomic E-state index is 9.66. The molecule has 0 aliphatic heterocycles. The lowest BCUT2D eigenvalue weighted by atomic mass is 9.98. The molecule has 0 radical (unpaired) electrons. The van der Waals surface area contributed by atoms with Gasteiger partial charge >= 0.3 is 0 Å². The van der Waals surface area contributed by atoms with E-state index in [1.807, 2.05) is 17.0 Å². The lowest BCUT2D eigenvalue weighted by Gasteiger charge is -2.26. The first-order chi connectivity index (χ1) is 10.3. The maximum absolute atomic E-state index is 9.66. The molecule has 5 nitrogen and oxygen atoms in total. The molecule has 0 saturated carbocycles. The number of hydrogen-bond donors (Lipinski definition) is 4. The van der Waals surface area contributed by atoms with Gasteiger partial charge in [-0.05, 0) is 43.9 Å². The Morgan fingerprint density at radius 1 is 0.955 bits per heavy atom. The molecule has 0 amide bonds. The van der Waals surface area contributed by atoms with Gasteiger partial charge in [-0.1, -0.05) is 18.2 Å². The summed E-state index contributed by atoms with van der Waals surface area (Å²) in [7, 11) is 0. The van der Waals surface area contributed by atoms with Gasteiger partial charge in [-0.25, -0.2) is 0 Å². The summed E-state index contributed by atoms with van der Waals surface area (Å²) in [6, 6.07) is 6.04. The molecule has 3 atom stereocenters. The minimum atomic E-state index is -0.461. The fourth-order valence-electron chi connectivity index (χ4n) is 2.66. The second-order valence-electron chi connectivity index (χ2n) is 6.25. The van der Waals surface area contributed by atoms with Crippen LogP contribution in [0.4, 0.5) is 0 Å². The first-order valence-electron chi connectivity index (χ1n) is 7.89. The molecule has 5 N–H and O–H groups in total. The van der Waals surface area contributed by atoms with E-state index in [0.29, 0.717) is 32.6 Å². The first kappa shape index (κ1) is 19.1. The minimum Gasteiger partial charge on any atom is -0.393 e. The van der Waals surface area contributed by atoms with E-state index in [4.69, 9.17) is 5.73 Å². The molecule has 0 saturated heterocycles. The average molecular weight is 310 g/mol. The molecule has 0 aliphatic carbocycles. The normalized spacial score (nSPS) is 15.8. The number of hydrogen-bond acceptors (Lipinski definition) is 5. The van der Waals surface area contributed by atoms with Gasteiger partial charge in [0.15, 0.2) is 0 Å². The quantitative estimate of drug-likeness (QED) is 0.537. The van der Waals surface area contributed by atoms with Gasteiger partial charge in [-0.2, -0.15) is 0 Å². The number of nitrogens with two attached hydrogens (primary N) is 1. The SMILES string of the molecule is CC(O)Cc1ccc(CN)cc1CN(CC(C)O)CC(C)O. The van der Waals surface area contributed by atoms with Crippen molar-refractivity contribution in [1.29, 1.82) is 0 Å². The highest BCUT2D eigenvalue weighted by atomic mass is 16.3. The van der Waals surface area contributed by atoms with Crippen molar-refractivity contribution in [2.75, 3.05) is 13.1 Å². The molecule has 0 aliphatic rings. The largest absolute Gasteiger partial charge is 0.393 e. The van der Waals surface area contributed by atoms with Crippen LogP contribution in [0, 0.1) is 0 Å². The third kappa shape index (κ3) is 6.85. The predicted molar refractivity (Wildman–Crippen MR) is 88.4 cm³/mol. The van der Waals surface area contributed by atoms with Gasteiger partial charge in [0.1, 0.15) is 0 Å². The Hall–Kier alpha value is -0.980. The fraction of sp³-hybridized carbons (Fsp3) is 0.647. The zero-order valence-corrected chi connectivity index (χ0v) is 13.9. The van der Waals surface area contributed by atoms with Crippen molar-refractivity contribution >= 4 is 0 Å². The van der Waals surface area contributed by atoms with Crippen LogP contribution in [0.15, 0.2) is 18.2 Å². The van der Waals surface area contributed by atoms with Gasteiger partial charge in [0.2, 0.25) is 0 Å². The van der Waals surface area contributed by atoms with Crippen LogP contribution < -0.4 is 5.73 Å². The van der Waals surface area contributed by atoms with Gasteiger partial charge < -0.3 is 21.1 Å². The number of aliphatic hydroxyl groups is 3. The smallest absolute Gasteiger partial charge is 0.0639 e. The summed E-state index contributed by atoms with van der Waals surface area (Å²) in [5, 5.41) is 29.0. The van der Waals surface area contributed by atoms with Crippen molar-refractivity contribution < 1.29 is 15.3 Å². The minimum absolute atomic E-state index is 0.413. The summed E-state index contributed by atoms with van der Waals surface area (Å²) in [5.74, 6) is 0. The maximum Gasteiger partial charge on any atom is 0.0639 e. The summed E-state index contributed by atoms with van der Waals surface area (Å²) in [4.78, 5) is 2.02. The molecule has 1 aromatic rings. The van der Waals surface area contributed by atoms with Gasteiger partial charge in [0, 0.05) is 26.2 Å². The second-order valence-corrected chi connectivity index (χ2v) is 6.25. The Labute approximate surface area is 133 Å². The second kappa shape index (κ2) is 9.22. The fourth-order valence-corrected chi connectivity index (χ4v) is 2.66. The molecule has 0 spiro atoms. The van der Waals surface area contributed by atoms with Crippen LogP contribution in [-0.4, -0.2) is 51.6 Å². The third-order valence-electron chi connectivity index (χ3n) is 3.46. The molecular weight excluding hydrogens is 280 g/mol. The first-order valence-corrected chi connectivity index (χ1v) is 7.89. The number of nitrogens with zero attached hydrogens (tertiary/aromatic N) is 1. The van der Waals surface area contributed by atoms with Gasteiger partial charge in [-0.15, -0.1) is 0 Å². The van der Waals surface area contributed by atoms with E-state index in [-0.39, 0.29) is 0 Å². The summed E-state index contributed by atoms with van der Waals surface area (Å²) < 4.78 is 0. The zero-order valence-electron chi connectivity index (χ0n) is 13.9. The molecule has 0 aromatic heterocycles. The Balaban J connectivity index is 2.98. The van der Waals surface area contributed by atoms with E-state index < -0.39 is 18.3 Å². The van der Waals surface area contributed by atoms with Crippen LogP contribution in [0.3, 0.4) is 0 Å². The predicted octanol–water partition coefficient (Wildman–Crippen LogP) is 0.632. The van der Waals surface area contributed by atoms with Crippen LogP contribution in [0.2, 0.25) is 0 Å². The molecule has 3 unspecified atom stereocenters. The van der Waals surface area contributed by atoms with Gasteiger partial charge in [0.25, 0.3) is 0 Å². The van der Waals surface area contributed by atoms with E-state index in [1.165, 1.54) is 0 Å². The molecule has 0 bridgehead atoms. The van der Waals surface area contributed by atoms with E-state index in [2.05, 4.69) is 6.07 Å². The van der Waals surface area contributed by atoms with Crippen molar-refractivity contribution in [3.8, 4) is 0 Å². The summed E-state index contributed by atoms with van der Waals surface area (Å²) in [6.45, 7) is 7.31. The van der Waals surface area contributed by atoms with Crippen LogP contribution in [0.5, 0.6) is 0 Å². The molecule has 5 heteroatoms. The lowest BCUT2D eigenvalue weighted by molar-refractivity contribution is 0.0791. The number of aliphatic hydroxyl groups excluding tert-OH is 3. The molecule has 0 fully saturated rings. The van der Waals surface area contributed by atoms with Gasteiger partial charge in [-0.3, -0.25) is 4.90 Å². The standard InChI is InChI=1S/C17H30N2O3/c1-12(20)6-16-5-4-15(8-18)7-17(16)11-19(9-13(2)21)10-14(3)22/h4-5,7,12-14,20-22H,6,8-11,18H2,1-3H3. The third-order valence-corrected chi connectivity index (χ3v) is 3.46. The van der Waals surface area contributed by atoms with Gasteiger partial charge in [0.05, 0.1) is 18.3 Å². The van der Waals surface area contributed by atoms with Crippen molar-refractivity contribution in [3.05, 3.63) is 34.9 Å². The highest BCUT2D eigenvalue weighted by Crippen LogP contribution is 2.17. The highest BCUT2D eigenvalue weighted by Gasteiger charge is 2.15. The Kier molecular flexibility index (Phi) is 8.00. The molecule has 22 heavy (non-hydrogen) atoms. The van der Waals surface area contributed by atoms with E-state index >= 15 is 0 Å².